The minimum atomic E-state index is 0.327. The summed E-state index contributed by atoms with van der Waals surface area (Å²) in [6, 6.07) is 4.25. The SMILES string of the molecule is Cc1cc2c(N(C)Cc3csc(Br)c3)nc(N)nc2s1. The maximum Gasteiger partial charge on any atom is 0.223 e. The molecule has 0 aliphatic rings. The summed E-state index contributed by atoms with van der Waals surface area (Å²) in [5, 5.41) is 3.21. The largest absolute Gasteiger partial charge is 0.368 e. The molecule has 0 aliphatic heterocycles. The van der Waals surface area contributed by atoms with Crippen LogP contribution in [0.1, 0.15) is 10.4 Å². The molecule has 0 spiro atoms. The van der Waals surface area contributed by atoms with Crippen LogP contribution < -0.4 is 10.6 Å². The first-order chi connectivity index (χ1) is 9.52. The number of hydrogen-bond donors (Lipinski definition) is 1. The van der Waals surface area contributed by atoms with Crippen LogP contribution in [0.15, 0.2) is 21.3 Å². The third-order valence-corrected chi connectivity index (χ3v) is 5.41. The lowest BCUT2D eigenvalue weighted by Crippen LogP contribution is -2.18. The van der Waals surface area contributed by atoms with Crippen LogP contribution in [0, 0.1) is 6.92 Å². The smallest absolute Gasteiger partial charge is 0.223 e. The van der Waals surface area contributed by atoms with Crippen molar-refractivity contribution in [1.82, 2.24) is 9.97 Å². The predicted molar refractivity (Wildman–Crippen MR) is 90.7 cm³/mol. The molecule has 7 heteroatoms. The summed E-state index contributed by atoms with van der Waals surface area (Å²) in [6.45, 7) is 2.87. The van der Waals surface area contributed by atoms with Gasteiger partial charge >= 0.3 is 0 Å². The van der Waals surface area contributed by atoms with Crippen LogP contribution in [0.25, 0.3) is 10.2 Å². The Morgan fingerprint density at radius 2 is 2.15 bits per heavy atom. The molecule has 2 N–H and O–H groups in total. The standard InChI is InChI=1S/C13H13BrN4S2/c1-7-3-9-11(16-13(15)17-12(9)20-7)18(2)5-8-4-10(14)19-6-8/h3-4,6H,5H2,1-2H3,(H2,15,16,17). The van der Waals surface area contributed by atoms with Crippen LogP contribution in [0.2, 0.25) is 0 Å². The third kappa shape index (κ3) is 2.65. The van der Waals surface area contributed by atoms with Crippen LogP contribution in [-0.4, -0.2) is 17.0 Å². The van der Waals surface area contributed by atoms with E-state index >= 15 is 0 Å². The van der Waals surface area contributed by atoms with Crippen LogP contribution in [0.5, 0.6) is 0 Å². The van der Waals surface area contributed by atoms with E-state index in [2.05, 4.69) is 55.2 Å². The van der Waals surface area contributed by atoms with Gasteiger partial charge in [-0.1, -0.05) is 0 Å². The Kier molecular flexibility index (Phi) is 3.66. The Balaban J connectivity index is 1.99. The van der Waals surface area contributed by atoms with Gasteiger partial charge in [0.1, 0.15) is 10.6 Å². The van der Waals surface area contributed by atoms with Crippen molar-refractivity contribution in [3.63, 3.8) is 0 Å². The minimum Gasteiger partial charge on any atom is -0.368 e. The van der Waals surface area contributed by atoms with E-state index in [4.69, 9.17) is 5.73 Å². The van der Waals surface area contributed by atoms with Gasteiger partial charge < -0.3 is 10.6 Å². The normalized spacial score (nSPS) is 11.2. The Bertz CT molecular complexity index is 765. The molecule has 0 aromatic carbocycles. The van der Waals surface area contributed by atoms with E-state index in [1.54, 1.807) is 22.7 Å². The summed E-state index contributed by atoms with van der Waals surface area (Å²) >= 11 is 6.82. The summed E-state index contributed by atoms with van der Waals surface area (Å²) in [4.78, 5) is 13.0. The average molecular weight is 369 g/mol. The second-order valence-corrected chi connectivity index (χ2v) is 8.12. The molecule has 0 radical (unpaired) electrons. The number of halogens is 1. The van der Waals surface area contributed by atoms with Gasteiger partial charge in [0.2, 0.25) is 5.95 Å². The molecule has 3 rings (SSSR count). The topological polar surface area (TPSA) is 55.0 Å². The fraction of sp³-hybridized carbons (Fsp3) is 0.231. The number of aryl methyl sites for hydroxylation is 1. The molecule has 0 aliphatic carbocycles. The van der Waals surface area contributed by atoms with E-state index < -0.39 is 0 Å². The molecule has 0 bridgehead atoms. The van der Waals surface area contributed by atoms with E-state index in [1.165, 1.54) is 10.4 Å². The molecule has 0 atom stereocenters. The van der Waals surface area contributed by atoms with Crippen LogP contribution >= 0.6 is 38.6 Å². The monoisotopic (exact) mass is 368 g/mol. The molecule has 20 heavy (non-hydrogen) atoms. The van der Waals surface area contributed by atoms with Crippen molar-refractivity contribution in [3.05, 3.63) is 31.7 Å². The summed E-state index contributed by atoms with van der Waals surface area (Å²) in [7, 11) is 2.03. The highest BCUT2D eigenvalue weighted by Gasteiger charge is 2.13. The number of nitrogen functional groups attached to an aromatic ring is 1. The lowest BCUT2D eigenvalue weighted by molar-refractivity contribution is 0.906. The summed E-state index contributed by atoms with van der Waals surface area (Å²) in [5.41, 5.74) is 7.07. The second kappa shape index (κ2) is 5.31. The number of fused-ring (bicyclic) bond motifs is 1. The van der Waals surface area contributed by atoms with Gasteiger partial charge in [-0.2, -0.15) is 4.98 Å². The third-order valence-electron chi connectivity index (χ3n) is 2.92. The van der Waals surface area contributed by atoms with Gasteiger partial charge in [-0.3, -0.25) is 0 Å². The molecule has 104 valence electrons. The zero-order valence-corrected chi connectivity index (χ0v) is 14.3. The number of hydrogen-bond acceptors (Lipinski definition) is 6. The van der Waals surface area contributed by atoms with E-state index in [1.807, 2.05) is 7.05 Å². The molecule has 0 amide bonds. The summed E-state index contributed by atoms with van der Waals surface area (Å²) in [6.07, 6.45) is 0. The number of nitrogens with two attached hydrogens (primary N) is 1. The van der Waals surface area contributed by atoms with Crippen molar-refractivity contribution in [2.75, 3.05) is 17.7 Å². The van der Waals surface area contributed by atoms with Crippen molar-refractivity contribution in [2.24, 2.45) is 0 Å². The molecule has 4 nitrogen and oxygen atoms in total. The van der Waals surface area contributed by atoms with E-state index in [9.17, 15) is 0 Å². The van der Waals surface area contributed by atoms with Crippen molar-refractivity contribution in [3.8, 4) is 0 Å². The highest BCUT2D eigenvalue weighted by atomic mass is 79.9. The number of aromatic nitrogens is 2. The number of anilines is 2. The summed E-state index contributed by atoms with van der Waals surface area (Å²) < 4.78 is 1.14. The Labute approximate surface area is 133 Å². The fourth-order valence-corrected chi connectivity index (χ4v) is 4.19. The molecule has 3 aromatic heterocycles. The van der Waals surface area contributed by atoms with Gasteiger partial charge in [0.25, 0.3) is 0 Å². The Morgan fingerprint density at radius 3 is 2.85 bits per heavy atom. The van der Waals surface area contributed by atoms with Crippen LogP contribution in [0.4, 0.5) is 11.8 Å². The molecule has 3 heterocycles. The van der Waals surface area contributed by atoms with Gasteiger partial charge in [-0.05, 0) is 45.9 Å². The molecule has 0 fully saturated rings. The van der Waals surface area contributed by atoms with Gasteiger partial charge in [0, 0.05) is 18.5 Å². The first kappa shape index (κ1) is 13.8. The highest BCUT2D eigenvalue weighted by Crippen LogP contribution is 2.31. The average Bonchev–Trinajstić information content (AvgIpc) is 2.93. The van der Waals surface area contributed by atoms with Crippen LogP contribution in [-0.2, 0) is 6.54 Å². The maximum atomic E-state index is 5.82. The van der Waals surface area contributed by atoms with Gasteiger partial charge in [0.15, 0.2) is 0 Å². The van der Waals surface area contributed by atoms with Crippen molar-refractivity contribution in [2.45, 2.75) is 13.5 Å². The Morgan fingerprint density at radius 1 is 1.35 bits per heavy atom. The van der Waals surface area contributed by atoms with Gasteiger partial charge in [0.05, 0.1) is 9.17 Å². The number of rotatable bonds is 3. The van der Waals surface area contributed by atoms with Gasteiger partial charge in [-0.15, -0.1) is 22.7 Å². The predicted octanol–water partition coefficient (Wildman–Crippen LogP) is 4.04. The second-order valence-electron chi connectivity index (χ2n) is 4.60. The molecule has 0 saturated heterocycles. The van der Waals surface area contributed by atoms with Crippen molar-refractivity contribution < 1.29 is 0 Å². The summed E-state index contributed by atoms with van der Waals surface area (Å²) in [5.74, 6) is 1.21. The van der Waals surface area contributed by atoms with Crippen molar-refractivity contribution in [1.29, 1.82) is 0 Å². The fourth-order valence-electron chi connectivity index (χ4n) is 2.11. The molecule has 3 aromatic rings. The number of thiophene rings is 2. The molecular formula is C13H13BrN4S2. The highest BCUT2D eigenvalue weighted by molar-refractivity contribution is 9.11. The van der Waals surface area contributed by atoms with E-state index in [0.717, 1.165) is 26.4 Å². The lowest BCUT2D eigenvalue weighted by Gasteiger charge is -2.18. The minimum absolute atomic E-state index is 0.327. The Hall–Kier alpha value is -1.18. The van der Waals surface area contributed by atoms with Crippen LogP contribution in [0.3, 0.4) is 0 Å². The molecular weight excluding hydrogens is 356 g/mol. The zero-order valence-electron chi connectivity index (χ0n) is 11.1. The molecule has 0 unspecified atom stereocenters. The van der Waals surface area contributed by atoms with E-state index in [0.29, 0.717) is 5.95 Å². The lowest BCUT2D eigenvalue weighted by atomic mass is 10.3. The quantitative estimate of drug-likeness (QED) is 0.757. The van der Waals surface area contributed by atoms with E-state index in [-0.39, 0.29) is 0 Å². The first-order valence-electron chi connectivity index (χ1n) is 6.00. The zero-order chi connectivity index (χ0) is 14.3. The molecule has 0 saturated carbocycles. The first-order valence-corrected chi connectivity index (χ1v) is 8.49. The van der Waals surface area contributed by atoms with Crippen molar-refractivity contribution >= 4 is 60.6 Å². The number of nitrogens with zero attached hydrogens (tertiary/aromatic N) is 3. The van der Waals surface area contributed by atoms with Gasteiger partial charge in [-0.25, -0.2) is 4.98 Å². The maximum absolute atomic E-state index is 5.82.